The summed E-state index contributed by atoms with van der Waals surface area (Å²) >= 11 is 2.93. The molecule has 0 saturated carbocycles. The molecule has 0 saturated heterocycles. The molecule has 0 unspecified atom stereocenters. The van der Waals surface area contributed by atoms with E-state index in [1.165, 1.54) is 18.9 Å². The molecule has 9 heteroatoms. The van der Waals surface area contributed by atoms with Crippen LogP contribution in [0.1, 0.15) is 39.3 Å². The molecular weight excluding hydrogens is 446 g/mol. The molecule has 1 aliphatic carbocycles. The van der Waals surface area contributed by atoms with Crippen LogP contribution in [0.3, 0.4) is 0 Å². The average molecular weight is 470 g/mol. The topological polar surface area (TPSA) is 90.3 Å². The quantitative estimate of drug-likeness (QED) is 0.322. The molecule has 3 aromatic rings. The lowest BCUT2D eigenvalue weighted by molar-refractivity contribution is -0.113. The van der Waals surface area contributed by atoms with E-state index in [1.807, 2.05) is 17.5 Å². The molecule has 1 aromatic carbocycles. The lowest BCUT2D eigenvalue weighted by Crippen LogP contribution is -2.30. The highest BCUT2D eigenvalue weighted by molar-refractivity contribution is 8.00. The molecular formula is C23H23N3O4S2. The molecule has 0 aliphatic heterocycles. The highest BCUT2D eigenvalue weighted by Crippen LogP contribution is 2.29. The summed E-state index contributed by atoms with van der Waals surface area (Å²) in [6.45, 7) is 0.541. The number of benzene rings is 1. The summed E-state index contributed by atoms with van der Waals surface area (Å²) in [6.07, 6.45) is 3.82. The van der Waals surface area contributed by atoms with E-state index in [9.17, 15) is 14.4 Å². The molecule has 166 valence electrons. The summed E-state index contributed by atoms with van der Waals surface area (Å²) in [5.41, 5.74) is 2.88. The number of anilines is 1. The lowest BCUT2D eigenvalue weighted by Gasteiger charge is -2.22. The Hall–Kier alpha value is -2.91. The first-order valence-electron chi connectivity index (χ1n) is 10.3. The summed E-state index contributed by atoms with van der Waals surface area (Å²) in [6, 6.07) is 10.5. The zero-order valence-electron chi connectivity index (χ0n) is 17.6. The van der Waals surface area contributed by atoms with Gasteiger partial charge in [0.2, 0.25) is 5.91 Å². The monoisotopic (exact) mass is 469 g/mol. The summed E-state index contributed by atoms with van der Waals surface area (Å²) in [7, 11) is 1.32. The standard InChI is InChI=1S/C23H23N3O4S2/c1-30-22(28)15-8-10-16(11-9-15)24-20(27)14-32-21-18-6-2-3-7-19(18)26(23(29)25-21)13-17-5-4-12-31-17/h4-5,8-12H,2-3,6-7,13-14H2,1H3,(H,24,27). The van der Waals surface area contributed by atoms with E-state index in [4.69, 9.17) is 0 Å². The molecule has 0 fully saturated rings. The van der Waals surface area contributed by atoms with Gasteiger partial charge in [0, 0.05) is 21.8 Å². The fourth-order valence-electron chi connectivity index (χ4n) is 3.73. The van der Waals surface area contributed by atoms with Crippen LogP contribution in [0.2, 0.25) is 0 Å². The van der Waals surface area contributed by atoms with Crippen molar-refractivity contribution in [2.24, 2.45) is 0 Å². The summed E-state index contributed by atoms with van der Waals surface area (Å²) in [5, 5.41) is 5.47. The second kappa shape index (κ2) is 10.1. The Kier molecular flexibility index (Phi) is 7.06. The van der Waals surface area contributed by atoms with Crippen molar-refractivity contribution in [2.75, 3.05) is 18.2 Å². The van der Waals surface area contributed by atoms with Crippen LogP contribution in [-0.4, -0.2) is 34.3 Å². The smallest absolute Gasteiger partial charge is 0.349 e. The van der Waals surface area contributed by atoms with Gasteiger partial charge in [-0.05, 0) is 61.4 Å². The van der Waals surface area contributed by atoms with Gasteiger partial charge < -0.3 is 10.1 Å². The van der Waals surface area contributed by atoms with E-state index in [0.717, 1.165) is 41.8 Å². The Balaban J connectivity index is 1.46. The lowest BCUT2D eigenvalue weighted by atomic mass is 9.97. The predicted octanol–water partition coefficient (Wildman–Crippen LogP) is 3.75. The average Bonchev–Trinajstić information content (AvgIpc) is 3.33. The number of fused-ring (bicyclic) bond motifs is 1. The molecule has 1 aliphatic rings. The Bertz CT molecular complexity index is 1170. The Morgan fingerprint density at radius 2 is 1.97 bits per heavy atom. The third-order valence-corrected chi connectivity index (χ3v) is 7.15. The summed E-state index contributed by atoms with van der Waals surface area (Å²) in [4.78, 5) is 42.2. The third kappa shape index (κ3) is 5.11. The number of thiophene rings is 1. The van der Waals surface area contributed by atoms with E-state index >= 15 is 0 Å². The van der Waals surface area contributed by atoms with Gasteiger partial charge >= 0.3 is 11.7 Å². The maximum atomic E-state index is 12.8. The maximum Gasteiger partial charge on any atom is 0.349 e. The second-order valence-corrected chi connectivity index (χ2v) is 9.40. The molecule has 4 rings (SSSR count). The van der Waals surface area contributed by atoms with Gasteiger partial charge in [-0.2, -0.15) is 4.98 Å². The van der Waals surface area contributed by atoms with E-state index in [1.54, 1.807) is 40.2 Å². The molecule has 1 amide bonds. The first-order chi connectivity index (χ1) is 15.5. The second-order valence-electron chi connectivity index (χ2n) is 7.40. The molecule has 0 atom stereocenters. The van der Waals surface area contributed by atoms with Crippen molar-refractivity contribution in [3.63, 3.8) is 0 Å². The third-order valence-electron chi connectivity index (χ3n) is 5.27. The normalized spacial score (nSPS) is 12.8. The number of rotatable bonds is 7. The Labute approximate surface area is 193 Å². The number of hydrogen-bond donors (Lipinski definition) is 1. The molecule has 1 N–H and O–H groups in total. The molecule has 0 bridgehead atoms. The van der Waals surface area contributed by atoms with Gasteiger partial charge in [0.15, 0.2) is 0 Å². The number of carbonyl (C=O) groups is 2. The summed E-state index contributed by atoms with van der Waals surface area (Å²) < 4.78 is 6.46. The van der Waals surface area contributed by atoms with Gasteiger partial charge in [0.25, 0.3) is 0 Å². The van der Waals surface area contributed by atoms with Gasteiger partial charge in [-0.15, -0.1) is 11.3 Å². The number of amides is 1. The van der Waals surface area contributed by atoms with Gasteiger partial charge in [0.1, 0.15) is 5.03 Å². The number of thioether (sulfide) groups is 1. The van der Waals surface area contributed by atoms with Crippen molar-refractivity contribution in [1.29, 1.82) is 0 Å². The zero-order valence-corrected chi connectivity index (χ0v) is 19.3. The fourth-order valence-corrected chi connectivity index (χ4v) is 5.30. The minimum absolute atomic E-state index is 0.145. The van der Waals surface area contributed by atoms with E-state index < -0.39 is 5.97 Å². The van der Waals surface area contributed by atoms with E-state index in [2.05, 4.69) is 15.0 Å². The first-order valence-corrected chi connectivity index (χ1v) is 12.2. The number of ether oxygens (including phenoxy) is 1. The molecule has 32 heavy (non-hydrogen) atoms. The van der Waals surface area contributed by atoms with Crippen LogP contribution in [0.4, 0.5) is 5.69 Å². The molecule has 2 aromatic heterocycles. The van der Waals surface area contributed by atoms with Crippen molar-refractivity contribution < 1.29 is 14.3 Å². The van der Waals surface area contributed by atoms with Crippen LogP contribution < -0.4 is 11.0 Å². The van der Waals surface area contributed by atoms with Crippen molar-refractivity contribution in [3.8, 4) is 0 Å². The van der Waals surface area contributed by atoms with Crippen molar-refractivity contribution in [3.05, 3.63) is 74.0 Å². The van der Waals surface area contributed by atoms with Gasteiger partial charge in [-0.25, -0.2) is 9.59 Å². The minimum Gasteiger partial charge on any atom is -0.465 e. The fraction of sp³-hybridized carbons (Fsp3) is 0.304. The largest absolute Gasteiger partial charge is 0.465 e. The summed E-state index contributed by atoms with van der Waals surface area (Å²) in [5.74, 6) is -0.481. The molecule has 2 heterocycles. The zero-order chi connectivity index (χ0) is 22.5. The van der Waals surface area contributed by atoms with Crippen molar-refractivity contribution in [1.82, 2.24) is 9.55 Å². The van der Waals surface area contributed by atoms with Crippen molar-refractivity contribution in [2.45, 2.75) is 37.3 Å². The number of methoxy groups -OCH3 is 1. The molecule has 0 radical (unpaired) electrons. The van der Waals surface area contributed by atoms with E-state index in [0.29, 0.717) is 22.8 Å². The maximum absolute atomic E-state index is 12.8. The molecule has 0 spiro atoms. The Morgan fingerprint density at radius 1 is 1.19 bits per heavy atom. The number of nitrogens with zero attached hydrogens (tertiary/aromatic N) is 2. The number of nitrogens with one attached hydrogen (secondary N) is 1. The van der Waals surface area contributed by atoms with Crippen LogP contribution in [0.25, 0.3) is 0 Å². The van der Waals surface area contributed by atoms with Crippen LogP contribution in [-0.2, 0) is 28.9 Å². The van der Waals surface area contributed by atoms with Gasteiger partial charge in [0.05, 0.1) is 25.0 Å². The Morgan fingerprint density at radius 3 is 2.69 bits per heavy atom. The van der Waals surface area contributed by atoms with Crippen LogP contribution >= 0.6 is 23.1 Å². The van der Waals surface area contributed by atoms with Crippen LogP contribution in [0.5, 0.6) is 0 Å². The van der Waals surface area contributed by atoms with Crippen LogP contribution in [0.15, 0.2) is 51.6 Å². The highest BCUT2D eigenvalue weighted by Gasteiger charge is 2.21. The van der Waals surface area contributed by atoms with Crippen LogP contribution in [0, 0.1) is 0 Å². The number of esters is 1. The molecule has 7 nitrogen and oxygen atoms in total. The number of carbonyl (C=O) groups excluding carboxylic acids is 2. The van der Waals surface area contributed by atoms with Crippen molar-refractivity contribution >= 4 is 40.7 Å². The highest BCUT2D eigenvalue weighted by atomic mass is 32.2. The first kappa shape index (κ1) is 22.3. The van der Waals surface area contributed by atoms with Gasteiger partial charge in [-0.1, -0.05) is 17.8 Å². The van der Waals surface area contributed by atoms with E-state index in [-0.39, 0.29) is 17.3 Å². The number of hydrogen-bond acceptors (Lipinski definition) is 7. The minimum atomic E-state index is -0.428. The predicted molar refractivity (Wildman–Crippen MR) is 126 cm³/mol. The number of aromatic nitrogens is 2. The SMILES string of the molecule is COC(=O)c1ccc(NC(=O)CSc2nc(=O)n(Cc3cccs3)c3c2CCCC3)cc1. The van der Waals surface area contributed by atoms with Gasteiger partial charge in [-0.3, -0.25) is 9.36 Å².